The van der Waals surface area contributed by atoms with E-state index in [1.165, 1.54) is 31.2 Å². The van der Waals surface area contributed by atoms with Crippen molar-refractivity contribution >= 4 is 11.9 Å². The summed E-state index contributed by atoms with van der Waals surface area (Å²) in [6.45, 7) is 3.20. The van der Waals surface area contributed by atoms with Gasteiger partial charge in [0.2, 0.25) is 0 Å². The van der Waals surface area contributed by atoms with Crippen molar-refractivity contribution in [2.24, 2.45) is 0 Å². The van der Waals surface area contributed by atoms with E-state index < -0.39 is 11.7 Å². The molecule has 0 bridgehead atoms. The standard InChI is InChI=1S/C13H13F3O/c1-3-12(17)9(2)8-10-6-4-5-7-11(10)13(14,15)16/h4-8H,3H2,1-2H3/b9-8+. The molecule has 1 aromatic carbocycles. The Morgan fingerprint density at radius 2 is 1.88 bits per heavy atom. The van der Waals surface area contributed by atoms with Crippen LogP contribution in [0.5, 0.6) is 0 Å². The lowest BCUT2D eigenvalue weighted by molar-refractivity contribution is -0.137. The summed E-state index contributed by atoms with van der Waals surface area (Å²) in [4.78, 5) is 11.3. The van der Waals surface area contributed by atoms with Crippen molar-refractivity contribution in [3.63, 3.8) is 0 Å². The van der Waals surface area contributed by atoms with Gasteiger partial charge in [-0.2, -0.15) is 13.2 Å². The highest BCUT2D eigenvalue weighted by atomic mass is 19.4. The molecule has 4 heteroatoms. The SMILES string of the molecule is CCC(=O)/C(C)=C/c1ccccc1C(F)(F)F. The van der Waals surface area contributed by atoms with E-state index in [0.29, 0.717) is 5.57 Å². The fourth-order valence-corrected chi connectivity index (χ4v) is 1.47. The van der Waals surface area contributed by atoms with E-state index in [1.807, 2.05) is 0 Å². The summed E-state index contributed by atoms with van der Waals surface area (Å²) in [5, 5.41) is 0. The van der Waals surface area contributed by atoms with Crippen LogP contribution in [0.25, 0.3) is 6.08 Å². The average molecular weight is 242 g/mol. The van der Waals surface area contributed by atoms with Gasteiger partial charge in [0, 0.05) is 6.42 Å². The highest BCUT2D eigenvalue weighted by molar-refractivity contribution is 5.98. The first-order valence-corrected chi connectivity index (χ1v) is 5.24. The first kappa shape index (κ1) is 13.5. The molecule has 0 atom stereocenters. The summed E-state index contributed by atoms with van der Waals surface area (Å²) < 4.78 is 38.0. The first-order chi connectivity index (χ1) is 7.86. The van der Waals surface area contributed by atoms with Gasteiger partial charge in [0.25, 0.3) is 0 Å². The largest absolute Gasteiger partial charge is 0.416 e. The van der Waals surface area contributed by atoms with E-state index in [4.69, 9.17) is 0 Å². The van der Waals surface area contributed by atoms with Crippen LogP contribution in [0.2, 0.25) is 0 Å². The van der Waals surface area contributed by atoms with Gasteiger partial charge in [0.05, 0.1) is 5.56 Å². The number of ketones is 1. The minimum Gasteiger partial charge on any atom is -0.295 e. The molecule has 1 nitrogen and oxygen atoms in total. The number of rotatable bonds is 3. The van der Waals surface area contributed by atoms with E-state index in [1.54, 1.807) is 6.92 Å². The van der Waals surface area contributed by atoms with E-state index >= 15 is 0 Å². The van der Waals surface area contributed by atoms with Gasteiger partial charge in [-0.1, -0.05) is 25.1 Å². The molecule has 0 saturated carbocycles. The Labute approximate surface area is 98.0 Å². The van der Waals surface area contributed by atoms with E-state index in [0.717, 1.165) is 6.07 Å². The number of hydrogen-bond acceptors (Lipinski definition) is 1. The Morgan fingerprint density at radius 3 is 2.41 bits per heavy atom. The molecule has 0 aliphatic heterocycles. The zero-order chi connectivity index (χ0) is 13.1. The predicted octanol–water partition coefficient (Wildman–Crippen LogP) is 4.09. The van der Waals surface area contributed by atoms with Crippen molar-refractivity contribution in [1.29, 1.82) is 0 Å². The second-order valence-electron chi connectivity index (χ2n) is 3.69. The number of hydrogen-bond donors (Lipinski definition) is 0. The number of alkyl halides is 3. The number of allylic oxidation sites excluding steroid dienone is 1. The van der Waals surface area contributed by atoms with Crippen molar-refractivity contribution in [3.05, 3.63) is 41.0 Å². The van der Waals surface area contributed by atoms with Crippen LogP contribution in [0.3, 0.4) is 0 Å². The van der Waals surface area contributed by atoms with Gasteiger partial charge < -0.3 is 0 Å². The van der Waals surface area contributed by atoms with Gasteiger partial charge in [-0.15, -0.1) is 0 Å². The molecule has 17 heavy (non-hydrogen) atoms. The monoisotopic (exact) mass is 242 g/mol. The first-order valence-electron chi connectivity index (χ1n) is 5.24. The van der Waals surface area contributed by atoms with Crippen LogP contribution in [-0.4, -0.2) is 5.78 Å². The summed E-state index contributed by atoms with van der Waals surface area (Å²) in [7, 11) is 0. The molecule has 92 valence electrons. The molecule has 0 aromatic heterocycles. The third-order valence-electron chi connectivity index (χ3n) is 2.40. The second kappa shape index (κ2) is 5.17. The predicted molar refractivity (Wildman–Crippen MR) is 60.4 cm³/mol. The van der Waals surface area contributed by atoms with Gasteiger partial charge in [-0.05, 0) is 30.2 Å². The fraction of sp³-hybridized carbons (Fsp3) is 0.308. The van der Waals surface area contributed by atoms with Crippen LogP contribution in [-0.2, 0) is 11.0 Å². The molecule has 0 radical (unpaired) electrons. The molecule has 0 N–H and O–H groups in total. The minimum absolute atomic E-state index is 0.0271. The lowest BCUT2D eigenvalue weighted by Crippen LogP contribution is -2.07. The summed E-state index contributed by atoms with van der Waals surface area (Å²) >= 11 is 0. The highest BCUT2D eigenvalue weighted by Crippen LogP contribution is 2.32. The molecule has 1 rings (SSSR count). The van der Waals surface area contributed by atoms with E-state index in [2.05, 4.69) is 0 Å². The Bertz CT molecular complexity index is 444. The topological polar surface area (TPSA) is 17.1 Å². The summed E-state index contributed by atoms with van der Waals surface area (Å²) in [5.74, 6) is -0.151. The van der Waals surface area contributed by atoms with Crippen LogP contribution in [0.4, 0.5) is 13.2 Å². The zero-order valence-electron chi connectivity index (χ0n) is 9.64. The quantitative estimate of drug-likeness (QED) is 0.729. The Balaban J connectivity index is 3.20. The minimum atomic E-state index is -4.40. The van der Waals surface area contributed by atoms with Crippen LogP contribution < -0.4 is 0 Å². The number of carbonyl (C=O) groups is 1. The molecule has 0 aliphatic rings. The smallest absolute Gasteiger partial charge is 0.295 e. The molecular formula is C13H13F3O. The van der Waals surface area contributed by atoms with Crippen molar-refractivity contribution in [3.8, 4) is 0 Å². The molecular weight excluding hydrogens is 229 g/mol. The molecule has 0 unspecified atom stereocenters. The fourth-order valence-electron chi connectivity index (χ4n) is 1.47. The van der Waals surface area contributed by atoms with E-state index in [-0.39, 0.29) is 17.8 Å². The van der Waals surface area contributed by atoms with E-state index in [9.17, 15) is 18.0 Å². The van der Waals surface area contributed by atoms with Crippen molar-refractivity contribution < 1.29 is 18.0 Å². The normalized spacial score (nSPS) is 12.6. The molecule has 0 heterocycles. The van der Waals surface area contributed by atoms with Crippen molar-refractivity contribution in [1.82, 2.24) is 0 Å². The maximum atomic E-state index is 12.7. The van der Waals surface area contributed by atoms with Gasteiger partial charge in [0.15, 0.2) is 5.78 Å². The lowest BCUT2D eigenvalue weighted by atomic mass is 10.0. The van der Waals surface area contributed by atoms with Crippen LogP contribution in [0.15, 0.2) is 29.8 Å². The molecule has 0 aliphatic carbocycles. The van der Waals surface area contributed by atoms with Crippen LogP contribution >= 0.6 is 0 Å². The third-order valence-corrected chi connectivity index (χ3v) is 2.40. The van der Waals surface area contributed by atoms with Crippen molar-refractivity contribution in [2.75, 3.05) is 0 Å². The van der Waals surface area contributed by atoms with Crippen LogP contribution in [0, 0.1) is 0 Å². The maximum absolute atomic E-state index is 12.7. The summed E-state index contributed by atoms with van der Waals surface area (Å²) in [6.07, 6.45) is -2.83. The summed E-state index contributed by atoms with van der Waals surface area (Å²) in [6, 6.07) is 5.21. The molecule has 0 spiro atoms. The molecule has 0 fully saturated rings. The Hall–Kier alpha value is -1.58. The third kappa shape index (κ3) is 3.44. The number of halogens is 3. The average Bonchev–Trinajstić information content (AvgIpc) is 2.27. The number of carbonyl (C=O) groups excluding carboxylic acids is 1. The molecule has 0 saturated heterocycles. The van der Waals surface area contributed by atoms with Crippen LogP contribution in [0.1, 0.15) is 31.4 Å². The lowest BCUT2D eigenvalue weighted by Gasteiger charge is -2.10. The van der Waals surface area contributed by atoms with Gasteiger partial charge in [-0.25, -0.2) is 0 Å². The zero-order valence-corrected chi connectivity index (χ0v) is 9.64. The Kier molecular flexibility index (Phi) is 4.10. The highest BCUT2D eigenvalue weighted by Gasteiger charge is 2.32. The molecule has 0 amide bonds. The van der Waals surface area contributed by atoms with Gasteiger partial charge in [-0.3, -0.25) is 4.79 Å². The maximum Gasteiger partial charge on any atom is 0.416 e. The Morgan fingerprint density at radius 1 is 1.29 bits per heavy atom. The summed E-state index contributed by atoms with van der Waals surface area (Å²) in [5.41, 5.74) is -0.355. The van der Waals surface area contributed by atoms with Gasteiger partial charge in [0.1, 0.15) is 0 Å². The number of benzene rings is 1. The second-order valence-corrected chi connectivity index (χ2v) is 3.69. The van der Waals surface area contributed by atoms with Gasteiger partial charge >= 0.3 is 6.18 Å². The molecule has 1 aromatic rings. The van der Waals surface area contributed by atoms with Crippen molar-refractivity contribution in [2.45, 2.75) is 26.4 Å². The number of Topliss-reactive ketones (excluding diaryl/α,β-unsaturated/α-hetero) is 1.